The molecule has 6 aromatic rings. The Bertz CT molecular complexity index is 1820. The summed E-state index contributed by atoms with van der Waals surface area (Å²) < 4.78 is 0. The maximum absolute atomic E-state index is 12.7. The van der Waals surface area contributed by atoms with Gasteiger partial charge in [0.1, 0.15) is 5.69 Å². The fourth-order valence-corrected chi connectivity index (χ4v) is 5.73. The standard InChI is InChI=1S/C31H28N8O/c40-30(10-19-4-2-1-3-5-19)36-22-11-21(14-33-15-22)26-13-24-29(18-35-26)38-39-31(24)27-12-23-25(16-34-17-28(23)37-27)20-6-8-32-9-7-20/h6-9,11-19,37H,1-5,10H2,(H,36,40)(H,38,39). The van der Waals surface area contributed by atoms with Gasteiger partial charge in [0.15, 0.2) is 0 Å². The maximum Gasteiger partial charge on any atom is 0.224 e. The summed E-state index contributed by atoms with van der Waals surface area (Å²) in [7, 11) is 0. The summed E-state index contributed by atoms with van der Waals surface area (Å²) >= 11 is 0. The molecular formula is C31H28N8O. The number of carbonyl (C=O) groups excluding carboxylic acids is 1. The molecule has 0 saturated heterocycles. The number of nitrogens with zero attached hydrogens (tertiary/aromatic N) is 5. The molecule has 198 valence electrons. The predicted octanol–water partition coefficient (Wildman–Crippen LogP) is 6.53. The molecule has 6 aromatic heterocycles. The van der Waals surface area contributed by atoms with Crippen LogP contribution in [0.15, 0.2) is 73.7 Å². The van der Waals surface area contributed by atoms with Crippen LogP contribution in [0.25, 0.3) is 55.6 Å². The molecule has 0 spiro atoms. The SMILES string of the molecule is O=C(CC1CCCCC1)Nc1cncc(-c2cc3c(-c4cc5c(-c6ccncc6)cncc5[nH]4)n[nH]c3cn2)c1. The summed E-state index contributed by atoms with van der Waals surface area (Å²) in [6, 6.07) is 9.99. The largest absolute Gasteiger partial charge is 0.352 e. The molecule has 6 heterocycles. The second-order valence-electron chi connectivity index (χ2n) is 10.5. The minimum absolute atomic E-state index is 0.0471. The van der Waals surface area contributed by atoms with Gasteiger partial charge in [-0.25, -0.2) is 0 Å². The van der Waals surface area contributed by atoms with Crippen molar-refractivity contribution >= 4 is 33.4 Å². The molecule has 0 atom stereocenters. The Morgan fingerprint density at radius 3 is 2.58 bits per heavy atom. The number of aromatic amines is 2. The molecule has 0 bridgehead atoms. The van der Waals surface area contributed by atoms with E-state index < -0.39 is 0 Å². The van der Waals surface area contributed by atoms with E-state index in [4.69, 9.17) is 0 Å². The Morgan fingerprint density at radius 2 is 1.70 bits per heavy atom. The van der Waals surface area contributed by atoms with E-state index in [0.717, 1.165) is 68.4 Å². The van der Waals surface area contributed by atoms with Crippen molar-refractivity contribution in [2.75, 3.05) is 5.32 Å². The van der Waals surface area contributed by atoms with Crippen LogP contribution in [0.4, 0.5) is 5.69 Å². The van der Waals surface area contributed by atoms with Gasteiger partial charge in [0.25, 0.3) is 0 Å². The normalized spacial score (nSPS) is 14.1. The van der Waals surface area contributed by atoms with Crippen molar-refractivity contribution in [3.63, 3.8) is 0 Å². The van der Waals surface area contributed by atoms with Crippen LogP contribution < -0.4 is 5.32 Å². The Balaban J connectivity index is 1.19. The van der Waals surface area contributed by atoms with Crippen molar-refractivity contribution in [2.24, 2.45) is 5.92 Å². The molecule has 0 aliphatic heterocycles. The number of nitrogens with one attached hydrogen (secondary N) is 3. The molecule has 3 N–H and O–H groups in total. The summed E-state index contributed by atoms with van der Waals surface area (Å²) in [6.07, 6.45) is 19.1. The van der Waals surface area contributed by atoms with Gasteiger partial charge in [0.2, 0.25) is 5.91 Å². The minimum Gasteiger partial charge on any atom is -0.352 e. The molecular weight excluding hydrogens is 500 g/mol. The number of rotatable bonds is 6. The molecule has 1 saturated carbocycles. The highest BCUT2D eigenvalue weighted by Crippen LogP contribution is 2.34. The van der Waals surface area contributed by atoms with E-state index >= 15 is 0 Å². The third-order valence-corrected chi connectivity index (χ3v) is 7.76. The van der Waals surface area contributed by atoms with E-state index in [1.807, 2.05) is 36.7 Å². The number of hydrogen-bond donors (Lipinski definition) is 3. The molecule has 9 nitrogen and oxygen atoms in total. The zero-order valence-corrected chi connectivity index (χ0v) is 21.9. The zero-order valence-electron chi connectivity index (χ0n) is 21.9. The molecule has 7 rings (SSSR count). The number of carbonyl (C=O) groups is 1. The molecule has 9 heteroatoms. The van der Waals surface area contributed by atoms with Gasteiger partial charge in [-0.3, -0.25) is 29.8 Å². The van der Waals surface area contributed by atoms with Gasteiger partial charge in [0.05, 0.1) is 46.7 Å². The van der Waals surface area contributed by atoms with Gasteiger partial charge >= 0.3 is 0 Å². The van der Waals surface area contributed by atoms with Crippen LogP contribution in [0.3, 0.4) is 0 Å². The highest BCUT2D eigenvalue weighted by Gasteiger charge is 2.18. The number of fused-ring (bicyclic) bond motifs is 2. The van der Waals surface area contributed by atoms with E-state index in [-0.39, 0.29) is 5.91 Å². The molecule has 0 radical (unpaired) electrons. The van der Waals surface area contributed by atoms with Gasteiger partial charge < -0.3 is 10.3 Å². The van der Waals surface area contributed by atoms with Crippen LogP contribution in [0, 0.1) is 5.92 Å². The first-order valence-corrected chi connectivity index (χ1v) is 13.7. The topological polar surface area (TPSA) is 125 Å². The smallest absolute Gasteiger partial charge is 0.224 e. The van der Waals surface area contributed by atoms with Crippen molar-refractivity contribution in [3.8, 4) is 33.8 Å². The number of aromatic nitrogens is 7. The highest BCUT2D eigenvalue weighted by molar-refractivity contribution is 6.01. The molecule has 1 aliphatic carbocycles. The van der Waals surface area contributed by atoms with Crippen LogP contribution in [-0.2, 0) is 4.79 Å². The van der Waals surface area contributed by atoms with Gasteiger partial charge in [-0.2, -0.15) is 5.10 Å². The molecule has 1 amide bonds. The van der Waals surface area contributed by atoms with Crippen molar-refractivity contribution in [1.82, 2.24) is 35.1 Å². The average molecular weight is 529 g/mol. The third kappa shape index (κ3) is 4.70. The first kappa shape index (κ1) is 24.1. The summed E-state index contributed by atoms with van der Waals surface area (Å²) in [5, 5.41) is 12.7. The third-order valence-electron chi connectivity index (χ3n) is 7.76. The number of H-pyrrole nitrogens is 2. The first-order chi connectivity index (χ1) is 19.7. The van der Waals surface area contributed by atoms with Gasteiger partial charge in [-0.05, 0) is 54.7 Å². The Morgan fingerprint density at radius 1 is 0.850 bits per heavy atom. The fourth-order valence-electron chi connectivity index (χ4n) is 5.73. The van der Waals surface area contributed by atoms with Crippen LogP contribution >= 0.6 is 0 Å². The molecule has 1 fully saturated rings. The molecule has 1 aliphatic rings. The maximum atomic E-state index is 12.7. The summed E-state index contributed by atoms with van der Waals surface area (Å²) in [5.74, 6) is 0.528. The van der Waals surface area contributed by atoms with Crippen LogP contribution in [0.2, 0.25) is 0 Å². The van der Waals surface area contributed by atoms with Crippen LogP contribution in [0.1, 0.15) is 38.5 Å². The lowest BCUT2D eigenvalue weighted by molar-refractivity contribution is -0.117. The Kier molecular flexibility index (Phi) is 6.24. The van der Waals surface area contributed by atoms with E-state index in [1.54, 1.807) is 31.0 Å². The number of hydrogen-bond acceptors (Lipinski definition) is 6. The lowest BCUT2D eigenvalue weighted by Gasteiger charge is -2.20. The monoisotopic (exact) mass is 528 g/mol. The predicted molar refractivity (Wildman–Crippen MR) is 155 cm³/mol. The number of anilines is 1. The van der Waals surface area contributed by atoms with Crippen LogP contribution in [0.5, 0.6) is 0 Å². The van der Waals surface area contributed by atoms with Crippen molar-refractivity contribution < 1.29 is 4.79 Å². The zero-order chi connectivity index (χ0) is 26.9. The van der Waals surface area contributed by atoms with Gasteiger partial charge in [-0.1, -0.05) is 19.3 Å². The second-order valence-corrected chi connectivity index (χ2v) is 10.5. The summed E-state index contributed by atoms with van der Waals surface area (Å²) in [6.45, 7) is 0. The summed E-state index contributed by atoms with van der Waals surface area (Å²) in [4.78, 5) is 33.8. The van der Waals surface area contributed by atoms with E-state index in [0.29, 0.717) is 18.0 Å². The van der Waals surface area contributed by atoms with E-state index in [1.165, 1.54) is 19.3 Å². The first-order valence-electron chi connectivity index (χ1n) is 13.7. The van der Waals surface area contributed by atoms with Gasteiger partial charge in [0, 0.05) is 53.1 Å². The second kappa shape index (κ2) is 10.3. The average Bonchev–Trinajstić information content (AvgIpc) is 3.62. The number of amides is 1. The fraction of sp³-hybridized carbons (Fsp3) is 0.226. The van der Waals surface area contributed by atoms with E-state index in [9.17, 15) is 4.79 Å². The minimum atomic E-state index is 0.0471. The van der Waals surface area contributed by atoms with Crippen LogP contribution in [-0.4, -0.2) is 41.0 Å². The van der Waals surface area contributed by atoms with Crippen molar-refractivity contribution in [2.45, 2.75) is 38.5 Å². The van der Waals surface area contributed by atoms with Gasteiger partial charge in [-0.15, -0.1) is 0 Å². The molecule has 40 heavy (non-hydrogen) atoms. The lowest BCUT2D eigenvalue weighted by atomic mass is 9.87. The quantitative estimate of drug-likeness (QED) is 0.226. The lowest BCUT2D eigenvalue weighted by Crippen LogP contribution is -2.18. The highest BCUT2D eigenvalue weighted by atomic mass is 16.1. The number of pyridine rings is 4. The van der Waals surface area contributed by atoms with E-state index in [2.05, 4.69) is 46.5 Å². The molecule has 0 aromatic carbocycles. The van der Waals surface area contributed by atoms with Crippen molar-refractivity contribution in [1.29, 1.82) is 0 Å². The molecule has 0 unspecified atom stereocenters. The Labute approximate surface area is 230 Å². The summed E-state index contributed by atoms with van der Waals surface area (Å²) in [5.41, 5.74) is 7.76. The van der Waals surface area contributed by atoms with Crippen molar-refractivity contribution in [3.05, 3.63) is 73.7 Å². The Hall–Kier alpha value is -4.92.